The zero-order valence-electron chi connectivity index (χ0n) is 11.9. The molecule has 0 spiro atoms. The highest BCUT2D eigenvalue weighted by Crippen LogP contribution is 2.12. The number of nitrogens with zero attached hydrogens (tertiary/aromatic N) is 1. The zero-order valence-corrected chi connectivity index (χ0v) is 11.9. The lowest BCUT2D eigenvalue weighted by atomic mass is 10.1. The van der Waals surface area contributed by atoms with Crippen LogP contribution in [0.1, 0.15) is 30.0 Å². The summed E-state index contributed by atoms with van der Waals surface area (Å²) in [5.74, 6) is 0.408. The number of hydrogen-bond acceptors (Lipinski definition) is 2. The van der Waals surface area contributed by atoms with Crippen LogP contribution in [0.5, 0.6) is 0 Å². The first-order chi connectivity index (χ1) is 8.43. The molecular formula is C15H24N2O. The lowest BCUT2D eigenvalue weighted by Crippen LogP contribution is -2.29. The molecule has 1 atom stereocenters. The Hall–Kier alpha value is -1.35. The van der Waals surface area contributed by atoms with E-state index < -0.39 is 0 Å². The maximum Gasteiger partial charge on any atom is 0.222 e. The monoisotopic (exact) mass is 248 g/mol. The number of hydrogen-bond donors (Lipinski definition) is 1. The molecule has 0 aliphatic carbocycles. The number of rotatable bonds is 5. The highest BCUT2D eigenvalue weighted by molar-refractivity contribution is 5.76. The van der Waals surface area contributed by atoms with Gasteiger partial charge in [-0.1, -0.05) is 25.1 Å². The highest BCUT2D eigenvalue weighted by Gasteiger charge is 2.12. The third-order valence-corrected chi connectivity index (χ3v) is 3.34. The van der Waals surface area contributed by atoms with E-state index >= 15 is 0 Å². The summed E-state index contributed by atoms with van der Waals surface area (Å²) in [4.78, 5) is 13.7. The Balaban J connectivity index is 2.60. The molecule has 2 N–H and O–H groups in total. The smallest absolute Gasteiger partial charge is 0.222 e. The first-order valence-electron chi connectivity index (χ1n) is 6.44. The van der Waals surface area contributed by atoms with Crippen molar-refractivity contribution >= 4 is 5.91 Å². The van der Waals surface area contributed by atoms with Crippen LogP contribution < -0.4 is 5.73 Å². The molecule has 0 bridgehead atoms. The van der Waals surface area contributed by atoms with Gasteiger partial charge in [0.15, 0.2) is 0 Å². The summed E-state index contributed by atoms with van der Waals surface area (Å²) in [6.07, 6.45) is 0.526. The van der Waals surface area contributed by atoms with Crippen molar-refractivity contribution in [2.24, 2.45) is 11.7 Å². The Kier molecular flexibility index (Phi) is 5.35. The van der Waals surface area contributed by atoms with Gasteiger partial charge in [-0.2, -0.15) is 0 Å². The second-order valence-corrected chi connectivity index (χ2v) is 5.21. The topological polar surface area (TPSA) is 46.3 Å². The molecule has 0 heterocycles. The second-order valence-electron chi connectivity index (χ2n) is 5.21. The molecule has 0 saturated carbocycles. The van der Waals surface area contributed by atoms with E-state index in [2.05, 4.69) is 32.0 Å². The lowest BCUT2D eigenvalue weighted by Gasteiger charge is -2.19. The summed E-state index contributed by atoms with van der Waals surface area (Å²) < 4.78 is 0. The minimum Gasteiger partial charge on any atom is -0.341 e. The number of amides is 1. The van der Waals surface area contributed by atoms with E-state index in [9.17, 15) is 4.79 Å². The average molecular weight is 248 g/mol. The zero-order chi connectivity index (χ0) is 13.7. The van der Waals surface area contributed by atoms with Crippen molar-refractivity contribution in [3.8, 4) is 0 Å². The van der Waals surface area contributed by atoms with E-state index in [4.69, 9.17) is 5.73 Å². The molecule has 100 valence electrons. The molecule has 0 aliphatic rings. The van der Waals surface area contributed by atoms with Gasteiger partial charge in [0.05, 0.1) is 0 Å². The van der Waals surface area contributed by atoms with Crippen LogP contribution >= 0.6 is 0 Å². The number of benzene rings is 1. The van der Waals surface area contributed by atoms with Gasteiger partial charge in [0.2, 0.25) is 5.91 Å². The molecular weight excluding hydrogens is 224 g/mol. The Morgan fingerprint density at radius 3 is 2.56 bits per heavy atom. The second kappa shape index (κ2) is 6.55. The predicted molar refractivity (Wildman–Crippen MR) is 75.2 cm³/mol. The molecule has 0 aliphatic heterocycles. The van der Waals surface area contributed by atoms with E-state index in [0.717, 1.165) is 0 Å². The minimum absolute atomic E-state index is 0.158. The van der Waals surface area contributed by atoms with E-state index in [1.54, 1.807) is 4.90 Å². The van der Waals surface area contributed by atoms with Gasteiger partial charge >= 0.3 is 0 Å². The van der Waals surface area contributed by atoms with Crippen LogP contribution in [0.3, 0.4) is 0 Å². The third-order valence-electron chi connectivity index (χ3n) is 3.34. The van der Waals surface area contributed by atoms with Gasteiger partial charge in [-0.25, -0.2) is 0 Å². The quantitative estimate of drug-likeness (QED) is 0.868. The molecule has 18 heavy (non-hydrogen) atoms. The van der Waals surface area contributed by atoms with Gasteiger partial charge in [-0.05, 0) is 43.0 Å². The SMILES string of the molecule is Cc1ccc(CN(C)C(=O)CC(C)CN)cc1C. The van der Waals surface area contributed by atoms with Crippen LogP contribution in [-0.2, 0) is 11.3 Å². The molecule has 1 amide bonds. The van der Waals surface area contributed by atoms with Crippen LogP contribution in [-0.4, -0.2) is 24.4 Å². The highest BCUT2D eigenvalue weighted by atomic mass is 16.2. The fourth-order valence-electron chi connectivity index (χ4n) is 1.80. The Morgan fingerprint density at radius 1 is 1.33 bits per heavy atom. The average Bonchev–Trinajstić information content (AvgIpc) is 2.33. The van der Waals surface area contributed by atoms with Crippen molar-refractivity contribution in [1.82, 2.24) is 4.90 Å². The van der Waals surface area contributed by atoms with E-state index in [0.29, 0.717) is 19.5 Å². The molecule has 3 heteroatoms. The molecule has 1 unspecified atom stereocenters. The molecule has 0 fully saturated rings. The minimum atomic E-state index is 0.158. The maximum atomic E-state index is 11.9. The van der Waals surface area contributed by atoms with Crippen molar-refractivity contribution < 1.29 is 4.79 Å². The summed E-state index contributed by atoms with van der Waals surface area (Å²) in [6, 6.07) is 6.33. The summed E-state index contributed by atoms with van der Waals surface area (Å²) in [6.45, 7) is 7.41. The van der Waals surface area contributed by atoms with E-state index in [1.165, 1.54) is 16.7 Å². The lowest BCUT2D eigenvalue weighted by molar-refractivity contribution is -0.131. The Bertz CT molecular complexity index is 415. The van der Waals surface area contributed by atoms with Crippen LogP contribution in [0.15, 0.2) is 18.2 Å². The maximum absolute atomic E-state index is 11.9. The summed E-state index contributed by atoms with van der Waals surface area (Å²) in [5, 5.41) is 0. The van der Waals surface area contributed by atoms with Gasteiger partial charge in [-0.3, -0.25) is 4.79 Å². The first kappa shape index (κ1) is 14.7. The van der Waals surface area contributed by atoms with Gasteiger partial charge in [0.25, 0.3) is 0 Å². The van der Waals surface area contributed by atoms with Crippen LogP contribution in [0.25, 0.3) is 0 Å². The standard InChI is InChI=1S/C15H24N2O/c1-11(9-16)7-15(18)17(4)10-14-6-5-12(2)13(3)8-14/h5-6,8,11H,7,9-10,16H2,1-4H3. The van der Waals surface area contributed by atoms with Gasteiger partial charge < -0.3 is 10.6 Å². The van der Waals surface area contributed by atoms with Crippen LogP contribution in [0.2, 0.25) is 0 Å². The van der Waals surface area contributed by atoms with Crippen molar-refractivity contribution in [3.63, 3.8) is 0 Å². The van der Waals surface area contributed by atoms with Crippen molar-refractivity contribution in [2.45, 2.75) is 33.7 Å². The normalized spacial score (nSPS) is 12.3. The Labute approximate surface area is 110 Å². The van der Waals surface area contributed by atoms with Crippen LogP contribution in [0, 0.1) is 19.8 Å². The van der Waals surface area contributed by atoms with Crippen molar-refractivity contribution in [2.75, 3.05) is 13.6 Å². The first-order valence-corrected chi connectivity index (χ1v) is 6.44. The third kappa shape index (κ3) is 4.15. The molecule has 0 radical (unpaired) electrons. The van der Waals surface area contributed by atoms with Crippen molar-refractivity contribution in [1.29, 1.82) is 0 Å². The molecule has 1 aromatic carbocycles. The van der Waals surface area contributed by atoms with Crippen LogP contribution in [0.4, 0.5) is 0 Å². The molecule has 0 saturated heterocycles. The van der Waals surface area contributed by atoms with E-state index in [-0.39, 0.29) is 11.8 Å². The fourth-order valence-corrected chi connectivity index (χ4v) is 1.80. The summed E-state index contributed by atoms with van der Waals surface area (Å²) >= 11 is 0. The predicted octanol–water partition coefficient (Wildman–Crippen LogP) is 2.25. The van der Waals surface area contributed by atoms with E-state index in [1.807, 2.05) is 14.0 Å². The Morgan fingerprint density at radius 2 is 2.00 bits per heavy atom. The van der Waals surface area contributed by atoms with Gasteiger partial charge in [0.1, 0.15) is 0 Å². The molecule has 0 aromatic heterocycles. The number of nitrogens with two attached hydrogens (primary N) is 1. The van der Waals surface area contributed by atoms with Crippen molar-refractivity contribution in [3.05, 3.63) is 34.9 Å². The molecule has 3 nitrogen and oxygen atoms in total. The summed E-state index contributed by atoms with van der Waals surface area (Å²) in [5.41, 5.74) is 9.26. The van der Waals surface area contributed by atoms with Gasteiger partial charge in [0, 0.05) is 20.0 Å². The summed E-state index contributed by atoms with van der Waals surface area (Å²) in [7, 11) is 1.85. The molecule has 1 rings (SSSR count). The fraction of sp³-hybridized carbons (Fsp3) is 0.533. The largest absolute Gasteiger partial charge is 0.341 e. The molecule has 1 aromatic rings. The number of carbonyl (C=O) groups excluding carboxylic acids is 1. The number of aryl methyl sites for hydroxylation is 2. The van der Waals surface area contributed by atoms with Gasteiger partial charge in [-0.15, -0.1) is 0 Å². The number of carbonyl (C=O) groups is 1.